The summed E-state index contributed by atoms with van der Waals surface area (Å²) in [6.07, 6.45) is 3.40. The van der Waals surface area contributed by atoms with E-state index >= 15 is 0 Å². The van der Waals surface area contributed by atoms with Crippen molar-refractivity contribution in [3.05, 3.63) is 57.9 Å². The monoisotopic (exact) mass is 373 g/mol. The number of halogens is 1. The summed E-state index contributed by atoms with van der Waals surface area (Å²) in [6.45, 7) is 6.56. The van der Waals surface area contributed by atoms with E-state index in [2.05, 4.69) is 17.2 Å². The van der Waals surface area contributed by atoms with Gasteiger partial charge in [0.15, 0.2) is 0 Å². The number of hydrogen-bond acceptors (Lipinski definition) is 3. The van der Waals surface area contributed by atoms with Crippen LogP contribution in [0.15, 0.2) is 30.5 Å². The molecule has 0 aliphatic rings. The Labute approximate surface area is 159 Å². The van der Waals surface area contributed by atoms with Gasteiger partial charge in [0.1, 0.15) is 5.69 Å². The van der Waals surface area contributed by atoms with Gasteiger partial charge in [-0.3, -0.25) is 14.6 Å². The molecule has 0 atom stereocenters. The lowest BCUT2D eigenvalue weighted by Crippen LogP contribution is -2.28. The van der Waals surface area contributed by atoms with Crippen LogP contribution in [0.1, 0.15) is 51.7 Å². The summed E-state index contributed by atoms with van der Waals surface area (Å²) >= 11 is 6.25. The number of pyridine rings is 1. The summed E-state index contributed by atoms with van der Waals surface area (Å²) in [5.41, 5.74) is 3.10. The van der Waals surface area contributed by atoms with Crippen molar-refractivity contribution < 1.29 is 9.59 Å². The van der Waals surface area contributed by atoms with E-state index in [4.69, 9.17) is 11.6 Å². The molecule has 0 bridgehead atoms. The van der Waals surface area contributed by atoms with Crippen LogP contribution in [0.3, 0.4) is 0 Å². The average Bonchev–Trinajstić information content (AvgIpc) is 2.61. The van der Waals surface area contributed by atoms with Gasteiger partial charge in [0.25, 0.3) is 11.8 Å². The highest BCUT2D eigenvalue weighted by molar-refractivity contribution is 6.34. The maximum atomic E-state index is 12.6. The second kappa shape index (κ2) is 8.81. The lowest BCUT2D eigenvalue weighted by molar-refractivity contribution is 0.0787. The number of unbranched alkanes of at least 4 members (excludes halogenated alkanes) is 1. The summed E-state index contributed by atoms with van der Waals surface area (Å²) in [7, 11) is 1.74. The third kappa shape index (κ3) is 4.82. The Hall–Kier alpha value is -2.40. The number of nitrogens with one attached hydrogen (secondary N) is 1. The second-order valence-electron chi connectivity index (χ2n) is 6.40. The Morgan fingerprint density at radius 1 is 1.23 bits per heavy atom. The number of aryl methyl sites for hydroxylation is 2. The molecule has 1 N–H and O–H groups in total. The smallest absolute Gasteiger partial charge is 0.272 e. The molecule has 1 heterocycles. The molecule has 0 aliphatic carbocycles. The molecule has 0 fully saturated rings. The quantitative estimate of drug-likeness (QED) is 0.812. The fraction of sp³-hybridized carbons (Fsp3) is 0.350. The van der Waals surface area contributed by atoms with Gasteiger partial charge in [0, 0.05) is 25.4 Å². The first-order valence-electron chi connectivity index (χ1n) is 8.63. The molecule has 26 heavy (non-hydrogen) atoms. The molecule has 6 heteroatoms. The van der Waals surface area contributed by atoms with Gasteiger partial charge in [-0.2, -0.15) is 0 Å². The first-order valence-corrected chi connectivity index (χ1v) is 9.01. The minimum absolute atomic E-state index is 0.197. The molecule has 0 saturated heterocycles. The van der Waals surface area contributed by atoms with Crippen LogP contribution in [0.25, 0.3) is 0 Å². The number of nitrogens with zero attached hydrogens (tertiary/aromatic N) is 2. The van der Waals surface area contributed by atoms with E-state index in [0.717, 1.165) is 24.0 Å². The fourth-order valence-electron chi connectivity index (χ4n) is 2.64. The Morgan fingerprint density at radius 2 is 1.96 bits per heavy atom. The van der Waals surface area contributed by atoms with Crippen molar-refractivity contribution in [2.24, 2.45) is 0 Å². The highest BCUT2D eigenvalue weighted by Gasteiger charge is 2.16. The predicted octanol–water partition coefficient (Wildman–Crippen LogP) is 4.48. The molecule has 1 aromatic heterocycles. The zero-order valence-electron chi connectivity index (χ0n) is 15.6. The maximum absolute atomic E-state index is 12.6. The van der Waals surface area contributed by atoms with Gasteiger partial charge in [-0.05, 0) is 49.6 Å². The molecule has 0 spiro atoms. The number of anilines is 1. The molecular formula is C20H24ClN3O2. The van der Waals surface area contributed by atoms with E-state index in [0.29, 0.717) is 22.8 Å². The molecule has 2 aromatic rings. The Kier molecular flexibility index (Phi) is 6.75. The normalized spacial score (nSPS) is 10.5. The predicted molar refractivity (Wildman–Crippen MR) is 105 cm³/mol. The number of carbonyl (C=O) groups is 2. The summed E-state index contributed by atoms with van der Waals surface area (Å²) < 4.78 is 0. The number of hydrogen-bond donors (Lipinski definition) is 1. The first kappa shape index (κ1) is 19.9. The van der Waals surface area contributed by atoms with Crippen LogP contribution < -0.4 is 5.32 Å². The number of rotatable bonds is 6. The van der Waals surface area contributed by atoms with Gasteiger partial charge >= 0.3 is 0 Å². The maximum Gasteiger partial charge on any atom is 0.272 e. The van der Waals surface area contributed by atoms with Crippen molar-refractivity contribution in [1.29, 1.82) is 0 Å². The summed E-state index contributed by atoms with van der Waals surface area (Å²) in [6, 6.07) is 6.84. The summed E-state index contributed by atoms with van der Waals surface area (Å²) in [4.78, 5) is 30.8. The van der Waals surface area contributed by atoms with Crippen molar-refractivity contribution >= 4 is 29.1 Å². The molecular weight excluding hydrogens is 350 g/mol. The van der Waals surface area contributed by atoms with Crippen LogP contribution in [0, 0.1) is 13.8 Å². The van der Waals surface area contributed by atoms with E-state index in [9.17, 15) is 9.59 Å². The fourth-order valence-corrected chi connectivity index (χ4v) is 3.01. The second-order valence-corrected chi connectivity index (χ2v) is 6.81. The minimum atomic E-state index is -0.327. The Morgan fingerprint density at radius 3 is 2.62 bits per heavy atom. The van der Waals surface area contributed by atoms with Crippen LogP contribution in [0.2, 0.25) is 5.02 Å². The first-order chi connectivity index (χ1) is 12.3. The zero-order valence-corrected chi connectivity index (χ0v) is 16.4. The van der Waals surface area contributed by atoms with Gasteiger partial charge in [-0.15, -0.1) is 0 Å². The molecule has 2 amide bonds. The highest BCUT2D eigenvalue weighted by atomic mass is 35.5. The number of carbonyl (C=O) groups excluding carboxylic acids is 2. The van der Waals surface area contributed by atoms with Crippen molar-refractivity contribution in [1.82, 2.24) is 9.88 Å². The molecule has 1 aromatic carbocycles. The number of amides is 2. The lowest BCUT2D eigenvalue weighted by Gasteiger charge is -2.16. The third-order valence-electron chi connectivity index (χ3n) is 4.11. The molecule has 0 saturated carbocycles. The van der Waals surface area contributed by atoms with Gasteiger partial charge in [-0.1, -0.05) is 31.0 Å². The molecule has 0 radical (unpaired) electrons. The largest absolute Gasteiger partial charge is 0.340 e. The SMILES string of the molecule is CCCCN(C)C(=O)c1cc(C(=O)Nc2c(C)cc(C)cc2Cl)ccn1. The molecule has 138 valence electrons. The van der Waals surface area contributed by atoms with Crippen LogP contribution >= 0.6 is 11.6 Å². The van der Waals surface area contributed by atoms with Crippen LogP contribution in [-0.2, 0) is 0 Å². The zero-order chi connectivity index (χ0) is 19.3. The summed E-state index contributed by atoms with van der Waals surface area (Å²) in [5, 5.41) is 3.31. The van der Waals surface area contributed by atoms with E-state index in [1.807, 2.05) is 19.9 Å². The topological polar surface area (TPSA) is 62.3 Å². The highest BCUT2D eigenvalue weighted by Crippen LogP contribution is 2.27. The Bertz CT molecular complexity index is 797. The van der Waals surface area contributed by atoms with Gasteiger partial charge in [0.2, 0.25) is 0 Å². The van der Waals surface area contributed by atoms with E-state index in [1.165, 1.54) is 12.3 Å². The van der Waals surface area contributed by atoms with E-state index in [1.54, 1.807) is 24.1 Å². The van der Waals surface area contributed by atoms with Crippen LogP contribution in [0.5, 0.6) is 0 Å². The van der Waals surface area contributed by atoms with Crippen LogP contribution in [0.4, 0.5) is 5.69 Å². The van der Waals surface area contributed by atoms with Gasteiger partial charge < -0.3 is 10.2 Å². The number of benzene rings is 1. The minimum Gasteiger partial charge on any atom is -0.340 e. The molecule has 0 unspecified atom stereocenters. The lowest BCUT2D eigenvalue weighted by atomic mass is 10.1. The Balaban J connectivity index is 2.19. The van der Waals surface area contributed by atoms with E-state index in [-0.39, 0.29) is 17.5 Å². The molecule has 5 nitrogen and oxygen atoms in total. The van der Waals surface area contributed by atoms with Crippen molar-refractivity contribution in [2.75, 3.05) is 18.9 Å². The van der Waals surface area contributed by atoms with Crippen molar-refractivity contribution in [2.45, 2.75) is 33.6 Å². The molecule has 2 rings (SSSR count). The standard InChI is InChI=1S/C20H24ClN3O2/c1-5-6-9-24(4)20(26)17-12-15(7-8-22-17)19(25)23-18-14(3)10-13(2)11-16(18)21/h7-8,10-12H,5-6,9H2,1-4H3,(H,23,25). The van der Waals surface area contributed by atoms with Gasteiger partial charge in [-0.25, -0.2) is 0 Å². The average molecular weight is 374 g/mol. The van der Waals surface area contributed by atoms with Crippen molar-refractivity contribution in [3.8, 4) is 0 Å². The van der Waals surface area contributed by atoms with Crippen LogP contribution in [-0.4, -0.2) is 35.3 Å². The third-order valence-corrected chi connectivity index (χ3v) is 4.40. The molecule has 0 aliphatic heterocycles. The van der Waals surface area contributed by atoms with E-state index < -0.39 is 0 Å². The summed E-state index contributed by atoms with van der Waals surface area (Å²) in [5.74, 6) is -0.524. The van der Waals surface area contributed by atoms with Gasteiger partial charge in [0.05, 0.1) is 10.7 Å². The van der Waals surface area contributed by atoms with Crippen molar-refractivity contribution in [3.63, 3.8) is 0 Å². The number of aromatic nitrogens is 1.